The highest BCUT2D eigenvalue weighted by molar-refractivity contribution is 7.94. The van der Waals surface area contributed by atoms with Crippen LogP contribution in [0.15, 0.2) is 75.1 Å². The van der Waals surface area contributed by atoms with E-state index >= 15 is 0 Å². The SMILES string of the molecule is C[C@H](CO)N1C[C@H](C)[C@@H](CN(C)S(=O)(=O)c2ccccc2)Oc2ccc(NS(=O)(=O)c3cccs3)cc2CC1=O. The molecule has 0 bridgehead atoms. The molecule has 216 valence electrons. The highest BCUT2D eigenvalue weighted by atomic mass is 32.2. The maximum absolute atomic E-state index is 13.4. The minimum Gasteiger partial charge on any atom is -0.488 e. The van der Waals surface area contributed by atoms with E-state index in [4.69, 9.17) is 4.74 Å². The molecule has 4 rings (SSSR count). The van der Waals surface area contributed by atoms with E-state index in [2.05, 4.69) is 4.72 Å². The fourth-order valence-electron chi connectivity index (χ4n) is 4.46. The van der Waals surface area contributed by atoms with Gasteiger partial charge in [0.15, 0.2) is 0 Å². The number of ether oxygens (including phenoxy) is 1. The molecule has 0 radical (unpaired) electrons. The lowest BCUT2D eigenvalue weighted by Crippen LogP contribution is -2.48. The van der Waals surface area contributed by atoms with Crippen molar-refractivity contribution < 1.29 is 31.5 Å². The molecule has 0 fully saturated rings. The van der Waals surface area contributed by atoms with Gasteiger partial charge in [-0.3, -0.25) is 9.52 Å². The van der Waals surface area contributed by atoms with Crippen LogP contribution < -0.4 is 9.46 Å². The molecule has 3 atom stereocenters. The molecular weight excluding hydrogens is 575 g/mol. The fraction of sp³-hybridized carbons (Fsp3) is 0.370. The average molecular weight is 608 g/mol. The van der Waals surface area contributed by atoms with Gasteiger partial charge in [0.2, 0.25) is 15.9 Å². The molecule has 0 saturated heterocycles. The number of amides is 1. The summed E-state index contributed by atoms with van der Waals surface area (Å²) < 4.78 is 62.3. The number of fused-ring (bicyclic) bond motifs is 1. The Morgan fingerprint density at radius 2 is 1.85 bits per heavy atom. The second-order valence-electron chi connectivity index (χ2n) is 9.85. The third-order valence-electron chi connectivity index (χ3n) is 6.82. The number of nitrogens with one attached hydrogen (secondary N) is 1. The van der Waals surface area contributed by atoms with Crippen molar-refractivity contribution in [1.82, 2.24) is 9.21 Å². The molecule has 1 aromatic heterocycles. The van der Waals surface area contributed by atoms with Gasteiger partial charge in [0, 0.05) is 30.8 Å². The number of sulfonamides is 2. The number of aliphatic hydroxyl groups is 1. The Hall–Kier alpha value is -2.97. The van der Waals surface area contributed by atoms with Crippen molar-refractivity contribution >= 4 is 43.0 Å². The molecule has 0 aliphatic carbocycles. The molecular formula is C27H33N3O7S3. The normalized spacial score (nSPS) is 19.2. The van der Waals surface area contributed by atoms with E-state index < -0.39 is 32.2 Å². The standard InChI is InChI=1S/C27H33N3O7S3/c1-19-16-30(20(2)18-31)26(32)15-21-14-22(28-39(33,34)27-10-7-13-38-27)11-12-24(21)37-25(19)17-29(3)40(35,36)23-8-5-4-6-9-23/h4-14,19-20,25,28,31H,15-18H2,1-3H3/t19-,20+,25+/m0/s1. The zero-order chi connectivity index (χ0) is 29.1. The first-order chi connectivity index (χ1) is 18.9. The Morgan fingerprint density at radius 3 is 2.50 bits per heavy atom. The number of nitrogens with zero attached hydrogens (tertiary/aromatic N) is 2. The number of carbonyl (C=O) groups is 1. The zero-order valence-corrected chi connectivity index (χ0v) is 24.9. The van der Waals surface area contributed by atoms with E-state index in [-0.39, 0.29) is 52.7 Å². The monoisotopic (exact) mass is 607 g/mol. The number of rotatable bonds is 9. The number of carbonyl (C=O) groups excluding carboxylic acids is 1. The Labute approximate surface area is 239 Å². The van der Waals surface area contributed by atoms with Crippen LogP contribution in [0.2, 0.25) is 0 Å². The maximum atomic E-state index is 13.4. The maximum Gasteiger partial charge on any atom is 0.271 e. The highest BCUT2D eigenvalue weighted by Crippen LogP contribution is 2.31. The summed E-state index contributed by atoms with van der Waals surface area (Å²) in [6.45, 7) is 3.58. The van der Waals surface area contributed by atoms with Crippen LogP contribution in [0.25, 0.3) is 0 Å². The lowest BCUT2D eigenvalue weighted by molar-refractivity contribution is -0.134. The van der Waals surface area contributed by atoms with Gasteiger partial charge in [-0.1, -0.05) is 31.2 Å². The minimum absolute atomic E-state index is 0.000128. The molecule has 0 unspecified atom stereocenters. The zero-order valence-electron chi connectivity index (χ0n) is 22.4. The first-order valence-electron chi connectivity index (χ1n) is 12.7. The minimum atomic E-state index is -3.81. The van der Waals surface area contributed by atoms with Gasteiger partial charge in [-0.25, -0.2) is 16.8 Å². The topological polar surface area (TPSA) is 133 Å². The van der Waals surface area contributed by atoms with Crippen molar-refractivity contribution in [3.8, 4) is 5.75 Å². The van der Waals surface area contributed by atoms with E-state index in [9.17, 15) is 26.7 Å². The van der Waals surface area contributed by atoms with Crippen molar-refractivity contribution in [2.24, 2.45) is 5.92 Å². The lowest BCUT2D eigenvalue weighted by Gasteiger charge is -2.33. The molecule has 3 aromatic rings. The summed E-state index contributed by atoms with van der Waals surface area (Å²) in [7, 11) is -6.14. The Morgan fingerprint density at radius 1 is 1.12 bits per heavy atom. The molecule has 1 aliphatic rings. The Balaban J connectivity index is 1.68. The Kier molecular flexibility index (Phi) is 9.20. The summed E-state index contributed by atoms with van der Waals surface area (Å²) >= 11 is 1.09. The smallest absolute Gasteiger partial charge is 0.271 e. The molecule has 2 heterocycles. The first kappa shape index (κ1) is 30.0. The van der Waals surface area contributed by atoms with Crippen LogP contribution in [0.5, 0.6) is 5.75 Å². The average Bonchev–Trinajstić information content (AvgIpc) is 3.49. The predicted molar refractivity (Wildman–Crippen MR) is 153 cm³/mol. The number of hydrogen-bond acceptors (Lipinski definition) is 8. The van der Waals surface area contributed by atoms with Gasteiger partial charge in [0.1, 0.15) is 16.1 Å². The van der Waals surface area contributed by atoms with Crippen molar-refractivity contribution in [3.63, 3.8) is 0 Å². The van der Waals surface area contributed by atoms with Crippen LogP contribution >= 0.6 is 11.3 Å². The summed E-state index contributed by atoms with van der Waals surface area (Å²) in [6.07, 6.45) is -0.749. The number of benzene rings is 2. The van der Waals surface area contributed by atoms with Gasteiger partial charge < -0.3 is 14.7 Å². The summed E-state index contributed by atoms with van der Waals surface area (Å²) in [5, 5.41) is 11.5. The third-order valence-corrected chi connectivity index (χ3v) is 11.4. The highest BCUT2D eigenvalue weighted by Gasteiger charge is 2.33. The van der Waals surface area contributed by atoms with E-state index in [0.717, 1.165) is 11.3 Å². The van der Waals surface area contributed by atoms with E-state index in [1.807, 2.05) is 6.92 Å². The number of anilines is 1. The van der Waals surface area contributed by atoms with Crippen LogP contribution in [-0.2, 0) is 31.3 Å². The van der Waals surface area contributed by atoms with Crippen molar-refractivity contribution in [2.75, 3.05) is 31.5 Å². The second kappa shape index (κ2) is 12.3. The first-order valence-corrected chi connectivity index (χ1v) is 16.5. The molecule has 0 spiro atoms. The van der Waals surface area contributed by atoms with Crippen LogP contribution in [0.3, 0.4) is 0 Å². The molecule has 1 amide bonds. The van der Waals surface area contributed by atoms with Gasteiger partial charge in [-0.05, 0) is 48.7 Å². The van der Waals surface area contributed by atoms with Crippen LogP contribution in [0.1, 0.15) is 19.4 Å². The van der Waals surface area contributed by atoms with Gasteiger partial charge in [-0.15, -0.1) is 11.3 Å². The number of likely N-dealkylation sites (N-methyl/N-ethyl adjacent to an activating group) is 1. The molecule has 2 N–H and O–H groups in total. The lowest BCUT2D eigenvalue weighted by atomic mass is 10.0. The van der Waals surface area contributed by atoms with E-state index in [1.165, 1.54) is 29.6 Å². The molecule has 13 heteroatoms. The van der Waals surface area contributed by atoms with Crippen molar-refractivity contribution in [3.05, 3.63) is 71.6 Å². The predicted octanol–water partition coefficient (Wildman–Crippen LogP) is 3.02. The molecule has 40 heavy (non-hydrogen) atoms. The molecule has 10 nitrogen and oxygen atoms in total. The van der Waals surface area contributed by atoms with E-state index in [0.29, 0.717) is 11.3 Å². The number of thiophene rings is 1. The van der Waals surface area contributed by atoms with Crippen LogP contribution in [-0.4, -0.2) is 75.9 Å². The fourth-order valence-corrected chi connectivity index (χ4v) is 7.70. The summed E-state index contributed by atoms with van der Waals surface area (Å²) in [6, 6.07) is 15.4. The van der Waals surface area contributed by atoms with Gasteiger partial charge in [-0.2, -0.15) is 4.31 Å². The third kappa shape index (κ3) is 6.66. The van der Waals surface area contributed by atoms with Crippen LogP contribution in [0.4, 0.5) is 5.69 Å². The van der Waals surface area contributed by atoms with Crippen molar-refractivity contribution in [2.45, 2.75) is 41.5 Å². The molecule has 1 aliphatic heterocycles. The van der Waals surface area contributed by atoms with Gasteiger partial charge in [0.25, 0.3) is 10.0 Å². The summed E-state index contributed by atoms with van der Waals surface area (Å²) in [5.74, 6) is -0.218. The van der Waals surface area contributed by atoms with E-state index in [1.54, 1.807) is 59.7 Å². The van der Waals surface area contributed by atoms with Gasteiger partial charge >= 0.3 is 0 Å². The van der Waals surface area contributed by atoms with Gasteiger partial charge in [0.05, 0.1) is 30.5 Å². The second-order valence-corrected chi connectivity index (χ2v) is 14.7. The quantitative estimate of drug-likeness (QED) is 0.382. The summed E-state index contributed by atoms with van der Waals surface area (Å²) in [5.41, 5.74) is 0.706. The molecule has 0 saturated carbocycles. The largest absolute Gasteiger partial charge is 0.488 e. The Bertz CT molecular complexity index is 1530. The van der Waals surface area contributed by atoms with Crippen LogP contribution in [0, 0.1) is 5.92 Å². The summed E-state index contributed by atoms with van der Waals surface area (Å²) in [4.78, 5) is 15.1. The number of aliphatic hydroxyl groups excluding tert-OH is 1. The number of hydrogen-bond donors (Lipinski definition) is 2. The molecule has 2 aromatic carbocycles. The van der Waals surface area contributed by atoms with Crippen molar-refractivity contribution in [1.29, 1.82) is 0 Å².